The van der Waals surface area contributed by atoms with Crippen LogP contribution in [-0.4, -0.2) is 20.5 Å². The van der Waals surface area contributed by atoms with E-state index >= 15 is 0 Å². The van der Waals surface area contributed by atoms with Gasteiger partial charge in [-0.1, -0.05) is 66.7 Å². The summed E-state index contributed by atoms with van der Waals surface area (Å²) < 4.78 is 27.7. The Morgan fingerprint density at radius 1 is 0.875 bits per heavy atom. The van der Waals surface area contributed by atoms with Crippen molar-refractivity contribution in [1.82, 2.24) is 5.43 Å². The molecular weight excluding hydrogens is 422 g/mol. The molecule has 0 saturated heterocycles. The Labute approximate surface area is 185 Å². The number of anilines is 1. The highest BCUT2D eigenvalue weighted by Gasteiger charge is 2.35. The molecule has 1 heterocycles. The van der Waals surface area contributed by atoms with Crippen LogP contribution in [0, 0.1) is 0 Å². The predicted octanol–water partition coefficient (Wildman–Crippen LogP) is 4.31. The van der Waals surface area contributed by atoms with Gasteiger partial charge < -0.3 is 0 Å². The molecule has 0 atom stereocenters. The highest BCUT2D eigenvalue weighted by atomic mass is 32.2. The monoisotopic (exact) mass is 441 g/mol. The molecule has 7 heteroatoms. The largest absolute Gasteiger partial charge is 0.271 e. The van der Waals surface area contributed by atoms with E-state index in [1.807, 2.05) is 54.6 Å². The van der Waals surface area contributed by atoms with E-state index in [4.69, 9.17) is 0 Å². The van der Waals surface area contributed by atoms with Gasteiger partial charge in [-0.05, 0) is 40.8 Å². The second-order valence-corrected chi connectivity index (χ2v) is 9.28. The topological polar surface area (TPSA) is 78.8 Å². The van der Waals surface area contributed by atoms with E-state index in [0.717, 1.165) is 21.9 Å². The summed E-state index contributed by atoms with van der Waals surface area (Å²) in [7, 11) is -3.63. The molecule has 0 fully saturated rings. The average Bonchev–Trinajstić information content (AvgIpc) is 3.03. The maximum absolute atomic E-state index is 13.1. The molecule has 158 valence electrons. The van der Waals surface area contributed by atoms with Gasteiger partial charge in [0.25, 0.3) is 15.9 Å². The Balaban J connectivity index is 1.33. The SMILES string of the molecule is O=C(N/N=C/c1ccccc1)c1ccc(CN2c3cccc4cccc(c34)S2(=O)=O)cc1. The van der Waals surface area contributed by atoms with Crippen molar-refractivity contribution in [2.45, 2.75) is 11.4 Å². The van der Waals surface area contributed by atoms with Crippen molar-refractivity contribution in [2.24, 2.45) is 5.10 Å². The van der Waals surface area contributed by atoms with Gasteiger partial charge >= 0.3 is 0 Å². The lowest BCUT2D eigenvalue weighted by Gasteiger charge is -2.19. The second kappa shape index (κ2) is 7.94. The van der Waals surface area contributed by atoms with Crippen LogP contribution in [0.2, 0.25) is 0 Å². The van der Waals surface area contributed by atoms with Gasteiger partial charge in [0.1, 0.15) is 0 Å². The van der Waals surface area contributed by atoms with Gasteiger partial charge in [0.15, 0.2) is 0 Å². The molecule has 0 unspecified atom stereocenters. The maximum Gasteiger partial charge on any atom is 0.271 e. The van der Waals surface area contributed by atoms with E-state index in [1.54, 1.807) is 42.6 Å². The Morgan fingerprint density at radius 2 is 1.59 bits per heavy atom. The minimum atomic E-state index is -3.63. The van der Waals surface area contributed by atoms with Gasteiger partial charge in [0.2, 0.25) is 0 Å². The number of nitrogens with zero attached hydrogens (tertiary/aromatic N) is 2. The van der Waals surface area contributed by atoms with Gasteiger partial charge in [-0.3, -0.25) is 9.10 Å². The van der Waals surface area contributed by atoms with Gasteiger partial charge in [0, 0.05) is 10.9 Å². The van der Waals surface area contributed by atoms with Crippen molar-refractivity contribution in [2.75, 3.05) is 4.31 Å². The second-order valence-electron chi connectivity index (χ2n) is 7.45. The van der Waals surface area contributed by atoms with E-state index in [-0.39, 0.29) is 12.5 Å². The standard InChI is InChI=1S/C25H19N3O3S/c29-25(27-26-16-18-6-2-1-3-7-18)21-14-12-19(13-15-21)17-28-22-10-4-8-20-9-5-11-23(24(20)22)32(28,30)31/h1-16H,17H2,(H,27,29)/b26-16+. The molecule has 5 rings (SSSR count). The fraction of sp³-hybridized carbons (Fsp3) is 0.0400. The van der Waals surface area contributed by atoms with E-state index in [1.165, 1.54) is 4.31 Å². The smallest absolute Gasteiger partial charge is 0.267 e. The molecule has 32 heavy (non-hydrogen) atoms. The van der Waals surface area contributed by atoms with Gasteiger partial charge in [-0.25, -0.2) is 13.8 Å². The van der Waals surface area contributed by atoms with Crippen LogP contribution < -0.4 is 9.73 Å². The first-order valence-electron chi connectivity index (χ1n) is 10.1. The molecule has 4 aromatic rings. The van der Waals surface area contributed by atoms with Crippen LogP contribution in [0.15, 0.2) is 101 Å². The molecule has 1 aliphatic rings. The number of benzene rings is 4. The first kappa shape index (κ1) is 20.0. The number of hydrazone groups is 1. The molecule has 1 N–H and O–H groups in total. The number of hydrogen-bond donors (Lipinski definition) is 1. The Morgan fingerprint density at radius 3 is 2.34 bits per heavy atom. The molecular formula is C25H19N3O3S. The molecule has 0 aromatic heterocycles. The minimum Gasteiger partial charge on any atom is -0.267 e. The lowest BCUT2D eigenvalue weighted by Crippen LogP contribution is -2.26. The van der Waals surface area contributed by atoms with Crippen molar-refractivity contribution < 1.29 is 13.2 Å². The summed E-state index contributed by atoms with van der Waals surface area (Å²) in [6, 6.07) is 27.2. The third kappa shape index (κ3) is 3.52. The highest BCUT2D eigenvalue weighted by molar-refractivity contribution is 7.93. The van der Waals surface area contributed by atoms with Crippen LogP contribution in [0.1, 0.15) is 21.5 Å². The zero-order chi connectivity index (χ0) is 22.1. The van der Waals surface area contributed by atoms with Crippen molar-refractivity contribution in [3.8, 4) is 0 Å². The van der Waals surface area contributed by atoms with E-state index in [2.05, 4.69) is 10.5 Å². The van der Waals surface area contributed by atoms with Crippen molar-refractivity contribution in [3.63, 3.8) is 0 Å². The van der Waals surface area contributed by atoms with Crippen LogP contribution in [0.3, 0.4) is 0 Å². The minimum absolute atomic E-state index is 0.185. The number of carbonyl (C=O) groups excluding carboxylic acids is 1. The molecule has 4 aromatic carbocycles. The highest BCUT2D eigenvalue weighted by Crippen LogP contribution is 2.42. The number of carbonyl (C=O) groups is 1. The van der Waals surface area contributed by atoms with Crippen molar-refractivity contribution >= 4 is 38.6 Å². The van der Waals surface area contributed by atoms with Crippen LogP contribution in [0.5, 0.6) is 0 Å². The number of nitrogens with one attached hydrogen (secondary N) is 1. The van der Waals surface area contributed by atoms with Gasteiger partial charge in [-0.15, -0.1) is 0 Å². The lowest BCUT2D eigenvalue weighted by atomic mass is 10.1. The normalized spacial score (nSPS) is 14.2. The van der Waals surface area contributed by atoms with Crippen LogP contribution >= 0.6 is 0 Å². The maximum atomic E-state index is 13.1. The first-order chi connectivity index (χ1) is 15.5. The number of amides is 1. The Kier molecular flexibility index (Phi) is 4.95. The number of hydrogen-bond acceptors (Lipinski definition) is 4. The zero-order valence-electron chi connectivity index (χ0n) is 17.0. The van der Waals surface area contributed by atoms with Crippen molar-refractivity contribution in [3.05, 3.63) is 108 Å². The third-order valence-electron chi connectivity index (χ3n) is 5.40. The van der Waals surface area contributed by atoms with E-state index in [0.29, 0.717) is 16.1 Å². The van der Waals surface area contributed by atoms with Crippen LogP contribution in [-0.2, 0) is 16.6 Å². The molecule has 0 saturated carbocycles. The third-order valence-corrected chi connectivity index (χ3v) is 7.20. The average molecular weight is 442 g/mol. The molecule has 1 aliphatic heterocycles. The molecule has 0 radical (unpaired) electrons. The van der Waals surface area contributed by atoms with E-state index in [9.17, 15) is 13.2 Å². The molecule has 0 spiro atoms. The molecule has 6 nitrogen and oxygen atoms in total. The van der Waals surface area contributed by atoms with Gasteiger partial charge in [-0.2, -0.15) is 5.10 Å². The summed E-state index contributed by atoms with van der Waals surface area (Å²) in [4.78, 5) is 12.7. The Hall–Kier alpha value is -3.97. The summed E-state index contributed by atoms with van der Waals surface area (Å²) in [6.07, 6.45) is 1.57. The molecule has 1 amide bonds. The molecule has 0 bridgehead atoms. The van der Waals surface area contributed by atoms with E-state index < -0.39 is 10.0 Å². The summed E-state index contributed by atoms with van der Waals surface area (Å²) in [5.41, 5.74) is 5.28. The Bertz CT molecular complexity index is 1440. The van der Waals surface area contributed by atoms with Crippen LogP contribution in [0.4, 0.5) is 5.69 Å². The summed E-state index contributed by atoms with van der Waals surface area (Å²) in [5.74, 6) is -0.338. The fourth-order valence-electron chi connectivity index (χ4n) is 3.82. The number of rotatable bonds is 5. The molecule has 0 aliphatic carbocycles. The fourth-order valence-corrected chi connectivity index (χ4v) is 5.52. The van der Waals surface area contributed by atoms with Crippen molar-refractivity contribution in [1.29, 1.82) is 0 Å². The van der Waals surface area contributed by atoms with Crippen LogP contribution in [0.25, 0.3) is 10.8 Å². The summed E-state index contributed by atoms with van der Waals surface area (Å²) in [5, 5.41) is 5.62. The van der Waals surface area contributed by atoms with Gasteiger partial charge in [0.05, 0.1) is 23.3 Å². The quantitative estimate of drug-likeness (QED) is 0.370. The zero-order valence-corrected chi connectivity index (χ0v) is 17.8. The first-order valence-corrected chi connectivity index (χ1v) is 11.5. The number of sulfonamides is 1. The predicted molar refractivity (Wildman–Crippen MR) is 125 cm³/mol. The lowest BCUT2D eigenvalue weighted by molar-refractivity contribution is 0.0955. The summed E-state index contributed by atoms with van der Waals surface area (Å²) in [6.45, 7) is 0.185. The summed E-state index contributed by atoms with van der Waals surface area (Å²) >= 11 is 0.